The molecular weight excluding hydrogens is 314 g/mol. The molecule has 1 aromatic heterocycles. The molecular formula is C12H16BrN3OS. The van der Waals surface area contributed by atoms with Crippen LogP contribution in [0.4, 0.5) is 0 Å². The monoisotopic (exact) mass is 329 g/mol. The van der Waals surface area contributed by atoms with E-state index < -0.39 is 0 Å². The minimum absolute atomic E-state index is 0.178. The van der Waals surface area contributed by atoms with E-state index in [0.717, 1.165) is 47.9 Å². The third-order valence-corrected chi connectivity index (χ3v) is 5.21. The van der Waals surface area contributed by atoms with Crippen molar-refractivity contribution in [2.24, 2.45) is 0 Å². The second kappa shape index (κ2) is 5.28. The van der Waals surface area contributed by atoms with Crippen molar-refractivity contribution in [2.75, 3.05) is 39.3 Å². The van der Waals surface area contributed by atoms with Crippen molar-refractivity contribution in [2.45, 2.75) is 6.04 Å². The lowest BCUT2D eigenvalue weighted by atomic mass is 10.1. The van der Waals surface area contributed by atoms with Crippen LogP contribution in [0.25, 0.3) is 0 Å². The second-order valence-corrected chi connectivity index (χ2v) is 7.22. The van der Waals surface area contributed by atoms with Gasteiger partial charge in [0.25, 0.3) is 5.91 Å². The molecule has 0 unspecified atom stereocenters. The van der Waals surface area contributed by atoms with Crippen LogP contribution >= 0.6 is 27.3 Å². The Labute approximate surface area is 119 Å². The summed E-state index contributed by atoms with van der Waals surface area (Å²) in [7, 11) is 0. The Bertz CT molecular complexity index is 438. The number of likely N-dealkylation sites (tertiary alicyclic amines) is 1. The highest BCUT2D eigenvalue weighted by molar-refractivity contribution is 9.11. The lowest BCUT2D eigenvalue weighted by molar-refractivity contribution is 0.0231. The Morgan fingerprint density at radius 2 is 2.06 bits per heavy atom. The van der Waals surface area contributed by atoms with Crippen LogP contribution in [0.1, 0.15) is 9.67 Å². The van der Waals surface area contributed by atoms with Gasteiger partial charge < -0.3 is 10.2 Å². The molecule has 1 N–H and O–H groups in total. The van der Waals surface area contributed by atoms with Crippen LogP contribution in [-0.4, -0.2) is 61.0 Å². The van der Waals surface area contributed by atoms with Crippen LogP contribution in [0.3, 0.4) is 0 Å². The zero-order chi connectivity index (χ0) is 12.5. The van der Waals surface area contributed by atoms with E-state index in [9.17, 15) is 4.79 Å². The normalized spacial score (nSPS) is 21.9. The fourth-order valence-corrected chi connectivity index (χ4v) is 3.84. The Morgan fingerprint density at radius 1 is 1.33 bits per heavy atom. The summed E-state index contributed by atoms with van der Waals surface area (Å²) >= 11 is 4.91. The predicted octanol–water partition coefficient (Wildman–Crippen LogP) is 1.24. The number of halogens is 1. The fourth-order valence-electron chi connectivity index (χ4n) is 2.48. The molecule has 1 aromatic rings. The molecule has 0 spiro atoms. The molecule has 0 saturated carbocycles. The Hall–Kier alpha value is -0.430. The van der Waals surface area contributed by atoms with Crippen molar-refractivity contribution in [3.63, 3.8) is 0 Å². The van der Waals surface area contributed by atoms with Gasteiger partial charge in [-0.05, 0) is 28.1 Å². The van der Waals surface area contributed by atoms with Crippen LogP contribution in [0, 0.1) is 0 Å². The fraction of sp³-hybridized carbons (Fsp3) is 0.583. The summed E-state index contributed by atoms with van der Waals surface area (Å²) in [5, 5.41) is 3.35. The number of amides is 1. The lowest BCUT2D eigenvalue weighted by Crippen LogP contribution is -2.63. The summed E-state index contributed by atoms with van der Waals surface area (Å²) in [5.41, 5.74) is 0. The SMILES string of the molecule is O=C(c1ccc(Br)s1)N1CC(N2CCNCC2)C1. The summed E-state index contributed by atoms with van der Waals surface area (Å²) in [6.07, 6.45) is 0. The minimum Gasteiger partial charge on any atom is -0.335 e. The molecule has 3 rings (SSSR count). The van der Waals surface area contributed by atoms with Crippen LogP contribution < -0.4 is 5.32 Å². The molecule has 6 heteroatoms. The zero-order valence-electron chi connectivity index (χ0n) is 10.1. The van der Waals surface area contributed by atoms with Gasteiger partial charge in [-0.1, -0.05) is 0 Å². The van der Waals surface area contributed by atoms with E-state index in [1.807, 2.05) is 17.0 Å². The van der Waals surface area contributed by atoms with E-state index in [0.29, 0.717) is 6.04 Å². The van der Waals surface area contributed by atoms with Crippen molar-refractivity contribution in [1.82, 2.24) is 15.1 Å². The van der Waals surface area contributed by atoms with E-state index in [1.54, 1.807) is 0 Å². The van der Waals surface area contributed by atoms with Gasteiger partial charge in [-0.15, -0.1) is 11.3 Å². The predicted molar refractivity (Wildman–Crippen MR) is 76.2 cm³/mol. The van der Waals surface area contributed by atoms with E-state index in [-0.39, 0.29) is 5.91 Å². The van der Waals surface area contributed by atoms with Crippen molar-refractivity contribution in [3.8, 4) is 0 Å². The second-order valence-electron chi connectivity index (χ2n) is 4.75. The number of carbonyl (C=O) groups is 1. The standard InChI is InChI=1S/C12H16BrN3OS/c13-11-2-1-10(18-11)12(17)16-7-9(8-16)15-5-3-14-4-6-15/h1-2,9,14H,3-8H2. The molecule has 1 amide bonds. The minimum atomic E-state index is 0.178. The summed E-state index contributed by atoms with van der Waals surface area (Å²) in [6.45, 7) is 6.13. The van der Waals surface area contributed by atoms with Crippen molar-refractivity contribution >= 4 is 33.2 Å². The number of carbonyl (C=O) groups excluding carboxylic acids is 1. The smallest absolute Gasteiger partial charge is 0.264 e. The Balaban J connectivity index is 1.53. The van der Waals surface area contributed by atoms with E-state index >= 15 is 0 Å². The number of nitrogens with zero attached hydrogens (tertiary/aromatic N) is 2. The van der Waals surface area contributed by atoms with Gasteiger partial charge in [-0.3, -0.25) is 9.69 Å². The van der Waals surface area contributed by atoms with Gasteiger partial charge in [-0.25, -0.2) is 0 Å². The van der Waals surface area contributed by atoms with Crippen LogP contribution in [0.2, 0.25) is 0 Å². The third-order valence-electron chi connectivity index (χ3n) is 3.60. The van der Waals surface area contributed by atoms with E-state index in [4.69, 9.17) is 0 Å². The van der Waals surface area contributed by atoms with Crippen molar-refractivity contribution in [1.29, 1.82) is 0 Å². The number of piperazine rings is 1. The zero-order valence-corrected chi connectivity index (χ0v) is 12.5. The van der Waals surface area contributed by atoms with Gasteiger partial charge in [0.05, 0.1) is 8.66 Å². The molecule has 4 nitrogen and oxygen atoms in total. The van der Waals surface area contributed by atoms with Crippen LogP contribution in [0.5, 0.6) is 0 Å². The average molecular weight is 330 g/mol. The molecule has 2 aliphatic rings. The van der Waals surface area contributed by atoms with Gasteiger partial charge in [0.15, 0.2) is 0 Å². The summed E-state index contributed by atoms with van der Waals surface area (Å²) in [4.78, 5) is 17.4. The highest BCUT2D eigenvalue weighted by Gasteiger charge is 2.35. The number of hydrogen-bond donors (Lipinski definition) is 1. The first-order valence-corrected chi connectivity index (χ1v) is 7.84. The maximum Gasteiger partial charge on any atom is 0.264 e. The summed E-state index contributed by atoms with van der Waals surface area (Å²) < 4.78 is 1.02. The van der Waals surface area contributed by atoms with Gasteiger partial charge >= 0.3 is 0 Å². The number of hydrogen-bond acceptors (Lipinski definition) is 4. The van der Waals surface area contributed by atoms with Gasteiger partial charge in [0.2, 0.25) is 0 Å². The van der Waals surface area contributed by atoms with Crippen LogP contribution in [-0.2, 0) is 0 Å². The highest BCUT2D eigenvalue weighted by atomic mass is 79.9. The average Bonchev–Trinajstić information content (AvgIpc) is 2.75. The summed E-state index contributed by atoms with van der Waals surface area (Å²) in [6, 6.07) is 4.40. The van der Waals surface area contributed by atoms with Crippen molar-refractivity contribution < 1.29 is 4.79 Å². The van der Waals surface area contributed by atoms with Gasteiger partial charge in [-0.2, -0.15) is 0 Å². The van der Waals surface area contributed by atoms with Gasteiger partial charge in [0, 0.05) is 45.3 Å². The van der Waals surface area contributed by atoms with Crippen molar-refractivity contribution in [3.05, 3.63) is 20.8 Å². The number of thiophene rings is 1. The summed E-state index contributed by atoms with van der Waals surface area (Å²) in [5.74, 6) is 0.178. The molecule has 0 aromatic carbocycles. The largest absolute Gasteiger partial charge is 0.335 e. The van der Waals surface area contributed by atoms with Crippen LogP contribution in [0.15, 0.2) is 15.9 Å². The molecule has 0 aliphatic carbocycles. The highest BCUT2D eigenvalue weighted by Crippen LogP contribution is 2.26. The maximum absolute atomic E-state index is 12.2. The molecule has 3 heterocycles. The molecule has 18 heavy (non-hydrogen) atoms. The molecule has 0 radical (unpaired) electrons. The first-order chi connectivity index (χ1) is 8.74. The molecule has 98 valence electrons. The molecule has 2 aliphatic heterocycles. The Morgan fingerprint density at radius 3 is 2.67 bits per heavy atom. The topological polar surface area (TPSA) is 35.6 Å². The first kappa shape index (κ1) is 12.6. The quantitative estimate of drug-likeness (QED) is 0.886. The molecule has 2 fully saturated rings. The molecule has 2 saturated heterocycles. The van der Waals surface area contributed by atoms with Gasteiger partial charge in [0.1, 0.15) is 0 Å². The Kier molecular flexibility index (Phi) is 3.70. The molecule has 0 bridgehead atoms. The third kappa shape index (κ3) is 2.47. The number of nitrogens with one attached hydrogen (secondary N) is 1. The number of rotatable bonds is 2. The first-order valence-electron chi connectivity index (χ1n) is 6.23. The maximum atomic E-state index is 12.2. The molecule has 0 atom stereocenters. The van der Waals surface area contributed by atoms with E-state index in [2.05, 4.69) is 26.1 Å². The lowest BCUT2D eigenvalue weighted by Gasteiger charge is -2.46. The van der Waals surface area contributed by atoms with E-state index in [1.165, 1.54) is 11.3 Å².